The zero-order chi connectivity index (χ0) is 20.4. The lowest BCUT2D eigenvalue weighted by Gasteiger charge is -2.35. The predicted molar refractivity (Wildman–Crippen MR) is 111 cm³/mol. The van der Waals surface area contributed by atoms with Gasteiger partial charge in [-0.15, -0.1) is 0 Å². The van der Waals surface area contributed by atoms with Crippen molar-refractivity contribution in [2.24, 2.45) is 0 Å². The second-order valence-electron chi connectivity index (χ2n) is 6.73. The second-order valence-corrected chi connectivity index (χ2v) is 8.56. The van der Waals surface area contributed by atoms with Crippen molar-refractivity contribution < 1.29 is 22.7 Å². The largest absolute Gasteiger partial charge is 0.486 e. The van der Waals surface area contributed by atoms with E-state index in [9.17, 15) is 13.2 Å². The standard InChI is InChI=1S/C22H21NO5S/c1-2-27-22(24)14-17-15-23(19-11-5-6-12-20(19)28-17)29(25,26)21-13-7-9-16-8-3-4-10-18(16)21/h3-13,17H,2,14-15H2,1H3. The molecule has 0 N–H and O–H groups in total. The second kappa shape index (κ2) is 7.75. The van der Waals surface area contributed by atoms with Gasteiger partial charge in [0.05, 0.1) is 30.2 Å². The highest BCUT2D eigenvalue weighted by Crippen LogP contribution is 2.38. The van der Waals surface area contributed by atoms with Gasteiger partial charge >= 0.3 is 5.97 Å². The first kappa shape index (κ1) is 19.3. The van der Waals surface area contributed by atoms with Crippen molar-refractivity contribution in [3.05, 3.63) is 66.7 Å². The van der Waals surface area contributed by atoms with Crippen LogP contribution in [0.5, 0.6) is 5.75 Å². The number of esters is 1. The molecule has 3 aromatic carbocycles. The number of hydrogen-bond acceptors (Lipinski definition) is 5. The molecule has 29 heavy (non-hydrogen) atoms. The topological polar surface area (TPSA) is 72.9 Å². The highest BCUT2D eigenvalue weighted by molar-refractivity contribution is 7.93. The molecule has 0 fully saturated rings. The molecule has 3 aromatic rings. The van der Waals surface area contributed by atoms with Gasteiger partial charge in [-0.1, -0.05) is 48.5 Å². The van der Waals surface area contributed by atoms with Crippen LogP contribution in [0.2, 0.25) is 0 Å². The molecular formula is C22H21NO5S. The molecule has 0 spiro atoms. The van der Waals surface area contributed by atoms with E-state index < -0.39 is 22.1 Å². The van der Waals surface area contributed by atoms with Crippen LogP contribution in [0, 0.1) is 0 Å². The highest BCUT2D eigenvalue weighted by Gasteiger charge is 2.36. The summed E-state index contributed by atoms with van der Waals surface area (Å²) in [6.45, 7) is 2.02. The van der Waals surface area contributed by atoms with Crippen molar-refractivity contribution in [2.75, 3.05) is 17.5 Å². The quantitative estimate of drug-likeness (QED) is 0.598. The van der Waals surface area contributed by atoms with Crippen molar-refractivity contribution >= 4 is 32.5 Å². The van der Waals surface area contributed by atoms with Crippen molar-refractivity contribution in [1.29, 1.82) is 0 Å². The number of sulfonamides is 1. The molecule has 1 unspecified atom stereocenters. The summed E-state index contributed by atoms with van der Waals surface area (Å²) in [7, 11) is -3.88. The Hall–Kier alpha value is -3.06. The van der Waals surface area contributed by atoms with Crippen LogP contribution in [-0.4, -0.2) is 33.6 Å². The van der Waals surface area contributed by atoms with Crippen LogP contribution < -0.4 is 9.04 Å². The molecule has 7 heteroatoms. The normalized spacial score (nSPS) is 16.2. The zero-order valence-corrected chi connectivity index (χ0v) is 16.8. The fraction of sp³-hybridized carbons (Fsp3) is 0.227. The molecule has 1 aliphatic heterocycles. The number of anilines is 1. The Labute approximate surface area is 169 Å². The number of rotatable bonds is 5. The number of ether oxygens (including phenoxy) is 2. The fourth-order valence-electron chi connectivity index (χ4n) is 3.54. The number of carbonyl (C=O) groups excluding carboxylic acids is 1. The zero-order valence-electron chi connectivity index (χ0n) is 15.9. The van der Waals surface area contributed by atoms with Crippen LogP contribution in [0.3, 0.4) is 0 Å². The summed E-state index contributed by atoms with van der Waals surface area (Å²) in [6, 6.07) is 19.5. The Morgan fingerprint density at radius 2 is 1.79 bits per heavy atom. The van der Waals surface area contributed by atoms with E-state index in [1.807, 2.05) is 24.3 Å². The average Bonchev–Trinajstić information content (AvgIpc) is 2.73. The summed E-state index contributed by atoms with van der Waals surface area (Å²) in [5, 5.41) is 1.50. The third-order valence-electron chi connectivity index (χ3n) is 4.81. The Kier molecular flexibility index (Phi) is 5.15. The minimum absolute atomic E-state index is 0.0241. The van der Waals surface area contributed by atoms with Crippen LogP contribution in [0.1, 0.15) is 13.3 Å². The molecule has 0 aromatic heterocycles. The minimum atomic E-state index is -3.88. The summed E-state index contributed by atoms with van der Waals surface area (Å²) >= 11 is 0. The van der Waals surface area contributed by atoms with E-state index in [2.05, 4.69) is 0 Å². The monoisotopic (exact) mass is 411 g/mol. The highest BCUT2D eigenvalue weighted by atomic mass is 32.2. The fourth-order valence-corrected chi connectivity index (χ4v) is 5.27. The first-order valence-electron chi connectivity index (χ1n) is 9.42. The molecule has 0 saturated heterocycles. The molecule has 0 aliphatic carbocycles. The van der Waals surface area contributed by atoms with Gasteiger partial charge in [0.25, 0.3) is 10.0 Å². The summed E-state index contributed by atoms with van der Waals surface area (Å²) in [5.41, 5.74) is 0.459. The number of benzene rings is 3. The first-order valence-corrected chi connectivity index (χ1v) is 10.9. The van der Waals surface area contributed by atoms with Crippen molar-refractivity contribution in [3.63, 3.8) is 0 Å². The SMILES string of the molecule is CCOC(=O)CC1CN(S(=O)(=O)c2cccc3ccccc23)c2ccccc2O1. The minimum Gasteiger partial charge on any atom is -0.486 e. The van der Waals surface area contributed by atoms with Crippen LogP contribution in [0.4, 0.5) is 5.69 Å². The van der Waals surface area contributed by atoms with Crippen LogP contribution in [0.25, 0.3) is 10.8 Å². The van der Waals surface area contributed by atoms with E-state index >= 15 is 0 Å². The van der Waals surface area contributed by atoms with Crippen molar-refractivity contribution in [1.82, 2.24) is 0 Å². The molecule has 4 rings (SSSR count). The van der Waals surface area contributed by atoms with Gasteiger partial charge in [-0.3, -0.25) is 9.10 Å². The number of nitrogens with zero attached hydrogens (tertiary/aromatic N) is 1. The summed E-state index contributed by atoms with van der Waals surface area (Å²) in [4.78, 5) is 12.2. The van der Waals surface area contributed by atoms with Crippen molar-refractivity contribution in [2.45, 2.75) is 24.3 Å². The Morgan fingerprint density at radius 3 is 2.62 bits per heavy atom. The molecule has 1 aliphatic rings. The number of carbonyl (C=O) groups is 1. The summed E-state index contributed by atoms with van der Waals surface area (Å²) in [5.74, 6) is 0.0104. The molecule has 0 radical (unpaired) electrons. The Balaban J connectivity index is 1.78. The van der Waals surface area contributed by atoms with Gasteiger partial charge in [0.1, 0.15) is 11.9 Å². The third-order valence-corrected chi connectivity index (χ3v) is 6.65. The van der Waals surface area contributed by atoms with Crippen LogP contribution in [0.15, 0.2) is 71.6 Å². The lowest BCUT2D eigenvalue weighted by Crippen LogP contribution is -2.44. The molecule has 6 nitrogen and oxygen atoms in total. The number of para-hydroxylation sites is 2. The van der Waals surface area contributed by atoms with E-state index in [-0.39, 0.29) is 24.5 Å². The van der Waals surface area contributed by atoms with E-state index in [4.69, 9.17) is 9.47 Å². The molecule has 0 bridgehead atoms. The number of hydrogen-bond donors (Lipinski definition) is 0. The van der Waals surface area contributed by atoms with Crippen LogP contribution in [-0.2, 0) is 19.6 Å². The van der Waals surface area contributed by atoms with E-state index in [1.165, 1.54) is 4.31 Å². The third kappa shape index (κ3) is 3.65. The summed E-state index contributed by atoms with van der Waals surface area (Å²) in [6.07, 6.45) is -0.655. The maximum absolute atomic E-state index is 13.7. The first-order chi connectivity index (χ1) is 14.0. The van der Waals surface area contributed by atoms with Gasteiger partial charge < -0.3 is 9.47 Å². The predicted octanol–water partition coefficient (Wildman–Crippen LogP) is 3.75. The maximum Gasteiger partial charge on any atom is 0.309 e. The van der Waals surface area contributed by atoms with E-state index in [0.717, 1.165) is 5.39 Å². The molecule has 0 saturated carbocycles. The lowest BCUT2D eigenvalue weighted by molar-refractivity contribution is -0.144. The molecule has 0 amide bonds. The van der Waals surface area contributed by atoms with Gasteiger partial charge in [0.15, 0.2) is 0 Å². The molecular weight excluding hydrogens is 390 g/mol. The molecule has 1 atom stereocenters. The van der Waals surface area contributed by atoms with Gasteiger partial charge in [-0.2, -0.15) is 0 Å². The average molecular weight is 411 g/mol. The van der Waals surface area contributed by atoms with E-state index in [0.29, 0.717) is 16.8 Å². The molecule has 1 heterocycles. The summed E-state index contributed by atoms with van der Waals surface area (Å²) < 4.78 is 39.6. The number of fused-ring (bicyclic) bond motifs is 2. The van der Waals surface area contributed by atoms with Gasteiger partial charge in [0.2, 0.25) is 0 Å². The molecule has 150 valence electrons. The van der Waals surface area contributed by atoms with Gasteiger partial charge in [-0.25, -0.2) is 8.42 Å². The van der Waals surface area contributed by atoms with Crippen LogP contribution >= 0.6 is 0 Å². The Morgan fingerprint density at radius 1 is 1.07 bits per heavy atom. The van der Waals surface area contributed by atoms with Gasteiger partial charge in [0, 0.05) is 5.39 Å². The smallest absolute Gasteiger partial charge is 0.309 e. The van der Waals surface area contributed by atoms with Gasteiger partial charge in [-0.05, 0) is 30.5 Å². The Bertz CT molecular complexity index is 1150. The van der Waals surface area contributed by atoms with E-state index in [1.54, 1.807) is 49.4 Å². The van der Waals surface area contributed by atoms with Crippen molar-refractivity contribution in [3.8, 4) is 5.75 Å². The maximum atomic E-state index is 13.7. The lowest BCUT2D eigenvalue weighted by atomic mass is 10.1.